The number of hydrogen-bond acceptors (Lipinski definition) is 2. The lowest BCUT2D eigenvalue weighted by Gasteiger charge is -2.15. The number of nitriles is 1. The Balaban J connectivity index is 3.01. The van der Waals surface area contributed by atoms with Crippen LogP contribution in [0.5, 0.6) is 0 Å². The summed E-state index contributed by atoms with van der Waals surface area (Å²) in [6.07, 6.45) is -0.628. The van der Waals surface area contributed by atoms with Gasteiger partial charge in [0, 0.05) is 10.6 Å². The van der Waals surface area contributed by atoms with Gasteiger partial charge in [0.25, 0.3) is 0 Å². The third kappa shape index (κ3) is 2.68. The summed E-state index contributed by atoms with van der Waals surface area (Å²) in [4.78, 5) is 0. The van der Waals surface area contributed by atoms with Crippen molar-refractivity contribution in [1.29, 1.82) is 5.26 Å². The number of benzene rings is 1. The fraction of sp³-hybridized carbons (Fsp3) is 0.364. The summed E-state index contributed by atoms with van der Waals surface area (Å²) in [5.74, 6) is -1.18. The van der Waals surface area contributed by atoms with Crippen molar-refractivity contribution in [2.24, 2.45) is 5.92 Å². The van der Waals surface area contributed by atoms with Gasteiger partial charge in [-0.2, -0.15) is 5.26 Å². The zero-order chi connectivity index (χ0) is 11.4. The molecule has 0 amide bonds. The molecule has 4 heteroatoms. The van der Waals surface area contributed by atoms with Crippen LogP contribution in [0.15, 0.2) is 18.2 Å². The van der Waals surface area contributed by atoms with E-state index in [0.717, 1.165) is 6.07 Å². The van der Waals surface area contributed by atoms with Crippen LogP contribution in [-0.2, 0) is 0 Å². The molecule has 80 valence electrons. The van der Waals surface area contributed by atoms with E-state index in [4.69, 9.17) is 16.9 Å². The van der Waals surface area contributed by atoms with Crippen molar-refractivity contribution in [1.82, 2.24) is 0 Å². The van der Waals surface area contributed by atoms with Crippen molar-refractivity contribution in [3.8, 4) is 6.07 Å². The second kappa shape index (κ2) is 5.11. The molecule has 0 radical (unpaired) electrons. The van der Waals surface area contributed by atoms with Crippen molar-refractivity contribution in [2.75, 3.05) is 0 Å². The minimum Gasteiger partial charge on any atom is -0.387 e. The lowest BCUT2D eigenvalue weighted by Crippen LogP contribution is -2.11. The van der Waals surface area contributed by atoms with Crippen molar-refractivity contribution in [3.05, 3.63) is 34.6 Å². The maximum absolute atomic E-state index is 13.4. The predicted octanol–water partition coefficient (Wildman–Crippen LogP) is 3.06. The maximum atomic E-state index is 13.4. The largest absolute Gasteiger partial charge is 0.387 e. The Morgan fingerprint density at radius 2 is 2.27 bits per heavy atom. The molecule has 0 aliphatic carbocycles. The third-order valence-electron chi connectivity index (χ3n) is 2.27. The minimum absolute atomic E-state index is 0.118. The molecule has 0 saturated carbocycles. The molecule has 0 aliphatic rings. The first-order chi connectivity index (χ1) is 7.10. The highest BCUT2D eigenvalue weighted by Gasteiger charge is 2.21. The van der Waals surface area contributed by atoms with Gasteiger partial charge >= 0.3 is 0 Å². The highest BCUT2D eigenvalue weighted by Crippen LogP contribution is 2.27. The minimum atomic E-state index is -1.10. The van der Waals surface area contributed by atoms with Crippen molar-refractivity contribution in [3.63, 3.8) is 0 Å². The fourth-order valence-corrected chi connectivity index (χ4v) is 1.50. The van der Waals surface area contributed by atoms with Gasteiger partial charge in [-0.3, -0.25) is 0 Å². The zero-order valence-electron chi connectivity index (χ0n) is 8.24. The molecule has 0 aromatic heterocycles. The van der Waals surface area contributed by atoms with Gasteiger partial charge in [-0.25, -0.2) is 4.39 Å². The number of rotatable bonds is 3. The Morgan fingerprint density at radius 3 is 2.73 bits per heavy atom. The first kappa shape index (κ1) is 12.0. The van der Waals surface area contributed by atoms with Gasteiger partial charge in [-0.15, -0.1) is 0 Å². The Kier molecular flexibility index (Phi) is 4.07. The number of hydrogen-bond donors (Lipinski definition) is 1. The van der Waals surface area contributed by atoms with Gasteiger partial charge in [-0.1, -0.05) is 24.6 Å². The Labute approximate surface area is 92.9 Å². The van der Waals surface area contributed by atoms with Crippen molar-refractivity contribution < 1.29 is 9.50 Å². The maximum Gasteiger partial charge on any atom is 0.130 e. The van der Waals surface area contributed by atoms with Crippen LogP contribution in [0.3, 0.4) is 0 Å². The van der Waals surface area contributed by atoms with Crippen molar-refractivity contribution in [2.45, 2.75) is 19.4 Å². The van der Waals surface area contributed by atoms with Crippen LogP contribution >= 0.6 is 11.6 Å². The summed E-state index contributed by atoms with van der Waals surface area (Å²) in [6.45, 7) is 1.77. The van der Waals surface area contributed by atoms with E-state index in [1.54, 1.807) is 6.92 Å². The fourth-order valence-electron chi connectivity index (χ4n) is 1.34. The van der Waals surface area contributed by atoms with Crippen LogP contribution in [0.1, 0.15) is 25.0 Å². The van der Waals surface area contributed by atoms with Crippen LogP contribution < -0.4 is 0 Å². The Hall–Kier alpha value is -1.11. The third-order valence-corrected chi connectivity index (χ3v) is 2.50. The number of aliphatic hydroxyl groups is 1. The first-order valence-electron chi connectivity index (χ1n) is 4.62. The van der Waals surface area contributed by atoms with Crippen LogP contribution in [0.25, 0.3) is 0 Å². The second-order valence-electron chi connectivity index (χ2n) is 3.25. The molecule has 1 aromatic carbocycles. The van der Waals surface area contributed by atoms with Gasteiger partial charge in [-0.05, 0) is 18.6 Å². The standard InChI is InChI=1S/C11H11ClFNO/c1-2-7(6-14)11(15)9-4-3-8(12)5-10(9)13/h3-5,7,11,15H,2H2,1H3. The molecule has 1 rings (SSSR count). The summed E-state index contributed by atoms with van der Waals surface area (Å²) < 4.78 is 13.4. The van der Waals surface area contributed by atoms with Gasteiger partial charge < -0.3 is 5.11 Å². The molecule has 0 saturated heterocycles. The lowest BCUT2D eigenvalue weighted by atomic mass is 9.94. The molecule has 2 unspecified atom stereocenters. The lowest BCUT2D eigenvalue weighted by molar-refractivity contribution is 0.128. The molecule has 0 bridgehead atoms. The molecule has 2 nitrogen and oxygen atoms in total. The van der Waals surface area contributed by atoms with E-state index >= 15 is 0 Å². The molecular weight excluding hydrogens is 217 g/mol. The average Bonchev–Trinajstić information content (AvgIpc) is 2.19. The molecule has 15 heavy (non-hydrogen) atoms. The van der Waals surface area contributed by atoms with Crippen LogP contribution in [0.2, 0.25) is 5.02 Å². The van der Waals surface area contributed by atoms with E-state index in [-0.39, 0.29) is 10.6 Å². The van der Waals surface area contributed by atoms with Gasteiger partial charge in [0.05, 0.1) is 18.1 Å². The molecule has 1 aromatic rings. The summed E-state index contributed by atoms with van der Waals surface area (Å²) >= 11 is 5.58. The van der Waals surface area contributed by atoms with Gasteiger partial charge in [0.15, 0.2) is 0 Å². The topological polar surface area (TPSA) is 44.0 Å². The average molecular weight is 228 g/mol. The van der Waals surface area contributed by atoms with Gasteiger partial charge in [0.2, 0.25) is 0 Å². The Morgan fingerprint density at radius 1 is 1.60 bits per heavy atom. The summed E-state index contributed by atoms with van der Waals surface area (Å²) in [6, 6.07) is 5.97. The molecular formula is C11H11ClFNO. The van der Waals surface area contributed by atoms with E-state index < -0.39 is 17.8 Å². The highest BCUT2D eigenvalue weighted by molar-refractivity contribution is 6.30. The molecule has 0 heterocycles. The second-order valence-corrected chi connectivity index (χ2v) is 3.69. The van der Waals surface area contributed by atoms with Crippen LogP contribution in [0, 0.1) is 23.1 Å². The number of nitrogens with zero attached hydrogens (tertiary/aromatic N) is 1. The molecule has 1 N–H and O–H groups in total. The molecule has 0 aliphatic heterocycles. The number of halogens is 2. The van der Waals surface area contributed by atoms with Gasteiger partial charge in [0.1, 0.15) is 5.82 Å². The Bertz CT molecular complexity index is 389. The van der Waals surface area contributed by atoms with Crippen LogP contribution in [0.4, 0.5) is 4.39 Å². The molecule has 0 spiro atoms. The molecule has 2 atom stereocenters. The SMILES string of the molecule is CCC(C#N)C(O)c1ccc(Cl)cc1F. The predicted molar refractivity (Wildman–Crippen MR) is 55.8 cm³/mol. The summed E-state index contributed by atoms with van der Waals surface area (Å²) in [5, 5.41) is 18.8. The van der Waals surface area contributed by atoms with Crippen molar-refractivity contribution >= 4 is 11.6 Å². The first-order valence-corrected chi connectivity index (χ1v) is 5.00. The summed E-state index contributed by atoms with van der Waals surface area (Å²) in [5.41, 5.74) is 0.118. The normalized spacial score (nSPS) is 14.3. The smallest absolute Gasteiger partial charge is 0.130 e. The van der Waals surface area contributed by atoms with E-state index in [0.29, 0.717) is 6.42 Å². The number of aliphatic hydroxyl groups excluding tert-OH is 1. The molecule has 0 fully saturated rings. The quantitative estimate of drug-likeness (QED) is 0.863. The monoisotopic (exact) mass is 227 g/mol. The summed E-state index contributed by atoms with van der Waals surface area (Å²) in [7, 11) is 0. The van der Waals surface area contributed by atoms with E-state index in [2.05, 4.69) is 0 Å². The van der Waals surface area contributed by atoms with E-state index in [1.807, 2.05) is 6.07 Å². The van der Waals surface area contributed by atoms with E-state index in [1.165, 1.54) is 12.1 Å². The van der Waals surface area contributed by atoms with E-state index in [9.17, 15) is 9.50 Å². The zero-order valence-corrected chi connectivity index (χ0v) is 9.00. The van der Waals surface area contributed by atoms with Crippen LogP contribution in [-0.4, -0.2) is 5.11 Å². The highest BCUT2D eigenvalue weighted by atomic mass is 35.5.